The molecule has 2 aliphatic rings. The Bertz CT molecular complexity index is 552. The molecule has 1 fully saturated rings. The van der Waals surface area contributed by atoms with Gasteiger partial charge in [0.2, 0.25) is 0 Å². The molecule has 7 heteroatoms. The first-order chi connectivity index (χ1) is 11.2. The molecule has 23 heavy (non-hydrogen) atoms. The topological polar surface area (TPSA) is 70.5 Å². The lowest BCUT2D eigenvalue weighted by Crippen LogP contribution is -2.53. The van der Waals surface area contributed by atoms with Crippen LogP contribution in [0, 0.1) is 0 Å². The summed E-state index contributed by atoms with van der Waals surface area (Å²) in [5.74, 6) is -0.0134. The second-order valence-corrected chi connectivity index (χ2v) is 6.21. The Morgan fingerprint density at radius 1 is 1.13 bits per heavy atom. The minimum absolute atomic E-state index is 0.0134. The Hall–Kier alpha value is -2.05. The second kappa shape index (κ2) is 7.02. The highest BCUT2D eigenvalue weighted by Gasteiger charge is 2.27. The van der Waals surface area contributed by atoms with Gasteiger partial charge in [-0.15, -0.1) is 0 Å². The maximum absolute atomic E-state index is 12.6. The Labute approximate surface area is 136 Å². The summed E-state index contributed by atoms with van der Waals surface area (Å²) in [7, 11) is 0. The summed E-state index contributed by atoms with van der Waals surface area (Å²) in [6.45, 7) is 5.93. The van der Waals surface area contributed by atoms with Gasteiger partial charge in [0.1, 0.15) is 0 Å². The van der Waals surface area contributed by atoms with Gasteiger partial charge < -0.3 is 15.1 Å². The van der Waals surface area contributed by atoms with Gasteiger partial charge in [-0.25, -0.2) is 4.79 Å². The Balaban J connectivity index is 1.56. The quantitative estimate of drug-likeness (QED) is 0.907. The molecule has 1 saturated heterocycles. The maximum Gasteiger partial charge on any atom is 0.317 e. The fraction of sp³-hybridized carbons (Fsp3) is 0.688. The lowest BCUT2D eigenvalue weighted by Gasteiger charge is -2.34. The van der Waals surface area contributed by atoms with Crippen molar-refractivity contribution >= 4 is 11.9 Å². The summed E-state index contributed by atoms with van der Waals surface area (Å²) in [6.07, 6.45) is 4.24. The first-order valence-corrected chi connectivity index (χ1v) is 8.58. The summed E-state index contributed by atoms with van der Waals surface area (Å²) >= 11 is 0. The van der Waals surface area contributed by atoms with Crippen molar-refractivity contribution < 1.29 is 9.59 Å². The van der Waals surface area contributed by atoms with Crippen molar-refractivity contribution in [2.75, 3.05) is 32.7 Å². The number of aryl methyl sites for hydroxylation is 2. The molecule has 1 aromatic heterocycles. The number of carbonyl (C=O) groups is 2. The van der Waals surface area contributed by atoms with Crippen molar-refractivity contribution in [3.05, 3.63) is 17.5 Å². The van der Waals surface area contributed by atoms with E-state index < -0.39 is 0 Å². The van der Waals surface area contributed by atoms with Crippen LogP contribution >= 0.6 is 0 Å². The summed E-state index contributed by atoms with van der Waals surface area (Å²) in [5, 5.41) is 7.33. The van der Waals surface area contributed by atoms with Crippen LogP contribution in [-0.4, -0.2) is 64.2 Å². The molecule has 0 bridgehead atoms. The van der Waals surface area contributed by atoms with Crippen molar-refractivity contribution in [3.63, 3.8) is 0 Å². The molecule has 3 heterocycles. The summed E-state index contributed by atoms with van der Waals surface area (Å²) in [4.78, 5) is 28.1. The molecule has 0 atom stereocenters. The van der Waals surface area contributed by atoms with Gasteiger partial charge in [0.05, 0.1) is 0 Å². The molecule has 0 saturated carbocycles. The third kappa shape index (κ3) is 3.48. The Morgan fingerprint density at radius 2 is 1.87 bits per heavy atom. The molecule has 1 aromatic rings. The smallest absolute Gasteiger partial charge is 0.317 e. The summed E-state index contributed by atoms with van der Waals surface area (Å²) in [5.41, 5.74) is 1.71. The molecule has 3 amide bonds. The van der Waals surface area contributed by atoms with Crippen molar-refractivity contribution in [2.45, 2.75) is 39.2 Å². The van der Waals surface area contributed by atoms with Gasteiger partial charge in [0.25, 0.3) is 5.91 Å². The molecule has 0 aliphatic carbocycles. The lowest BCUT2D eigenvalue weighted by molar-refractivity contribution is 0.0658. The molecular formula is C16H25N5O2. The number of hydrogen-bond acceptors (Lipinski definition) is 3. The van der Waals surface area contributed by atoms with Gasteiger partial charge in [0.15, 0.2) is 5.69 Å². The van der Waals surface area contributed by atoms with E-state index in [9.17, 15) is 9.59 Å². The van der Waals surface area contributed by atoms with Crippen LogP contribution in [0.1, 0.15) is 42.4 Å². The van der Waals surface area contributed by atoms with Gasteiger partial charge in [-0.2, -0.15) is 5.10 Å². The van der Waals surface area contributed by atoms with Gasteiger partial charge in [-0.1, -0.05) is 6.92 Å². The molecule has 2 aliphatic heterocycles. The number of carbonyl (C=O) groups excluding carboxylic acids is 2. The van der Waals surface area contributed by atoms with Crippen LogP contribution in [0.4, 0.5) is 4.79 Å². The minimum atomic E-state index is -0.0311. The average molecular weight is 319 g/mol. The van der Waals surface area contributed by atoms with E-state index in [-0.39, 0.29) is 11.9 Å². The number of urea groups is 1. The van der Waals surface area contributed by atoms with E-state index in [2.05, 4.69) is 10.4 Å². The van der Waals surface area contributed by atoms with Gasteiger partial charge >= 0.3 is 6.03 Å². The number of amides is 3. The number of aromatic nitrogens is 2. The average Bonchev–Trinajstić information content (AvgIpc) is 3.03. The molecule has 3 rings (SSSR count). The van der Waals surface area contributed by atoms with Crippen molar-refractivity contribution in [3.8, 4) is 0 Å². The molecule has 0 unspecified atom stereocenters. The minimum Gasteiger partial charge on any atom is -0.338 e. The van der Waals surface area contributed by atoms with E-state index in [1.165, 1.54) is 6.42 Å². The summed E-state index contributed by atoms with van der Waals surface area (Å²) < 4.78 is 1.96. The van der Waals surface area contributed by atoms with Crippen LogP contribution in [0.15, 0.2) is 6.07 Å². The number of rotatable bonds is 3. The molecule has 0 radical (unpaired) electrons. The van der Waals surface area contributed by atoms with Crippen LogP contribution in [0.2, 0.25) is 0 Å². The zero-order valence-electron chi connectivity index (χ0n) is 13.8. The molecule has 7 nitrogen and oxygen atoms in total. The van der Waals surface area contributed by atoms with E-state index in [1.54, 1.807) is 9.80 Å². The maximum atomic E-state index is 12.6. The molecule has 1 N–H and O–H groups in total. The first-order valence-electron chi connectivity index (χ1n) is 8.58. The van der Waals surface area contributed by atoms with E-state index >= 15 is 0 Å². The first kappa shape index (κ1) is 15.8. The monoisotopic (exact) mass is 319 g/mol. The highest BCUT2D eigenvalue weighted by molar-refractivity contribution is 5.92. The van der Waals surface area contributed by atoms with E-state index in [0.29, 0.717) is 38.4 Å². The van der Waals surface area contributed by atoms with Crippen molar-refractivity contribution in [2.24, 2.45) is 0 Å². The molecule has 0 spiro atoms. The van der Waals surface area contributed by atoms with Crippen LogP contribution in [0.25, 0.3) is 0 Å². The second-order valence-electron chi connectivity index (χ2n) is 6.21. The SMILES string of the molecule is CCCNC(=O)N1CCN(C(=O)c2cc3n(n2)CCCC3)CC1. The van der Waals surface area contributed by atoms with E-state index in [1.807, 2.05) is 17.7 Å². The largest absolute Gasteiger partial charge is 0.338 e. The van der Waals surface area contributed by atoms with Gasteiger partial charge in [0, 0.05) is 45.0 Å². The number of piperazine rings is 1. The Morgan fingerprint density at radius 3 is 2.57 bits per heavy atom. The number of nitrogens with zero attached hydrogens (tertiary/aromatic N) is 4. The molecular weight excluding hydrogens is 294 g/mol. The van der Waals surface area contributed by atoms with Crippen LogP contribution < -0.4 is 5.32 Å². The summed E-state index contributed by atoms with van der Waals surface area (Å²) in [6, 6.07) is 1.90. The zero-order chi connectivity index (χ0) is 16.2. The number of fused-ring (bicyclic) bond motifs is 1. The van der Waals surface area contributed by atoms with Crippen LogP contribution in [0.3, 0.4) is 0 Å². The van der Waals surface area contributed by atoms with Crippen molar-refractivity contribution in [1.29, 1.82) is 0 Å². The van der Waals surface area contributed by atoms with Crippen molar-refractivity contribution in [1.82, 2.24) is 24.9 Å². The standard InChI is InChI=1S/C16H25N5O2/c1-2-6-17-16(23)20-10-8-19(9-11-20)15(22)14-12-13-5-3-4-7-21(13)18-14/h12H,2-11H2,1H3,(H,17,23). The highest BCUT2D eigenvalue weighted by Crippen LogP contribution is 2.17. The molecule has 126 valence electrons. The zero-order valence-corrected chi connectivity index (χ0v) is 13.8. The molecule has 0 aromatic carbocycles. The Kier molecular flexibility index (Phi) is 4.83. The third-order valence-corrected chi connectivity index (χ3v) is 4.52. The predicted molar refractivity (Wildman–Crippen MR) is 86.3 cm³/mol. The van der Waals surface area contributed by atoms with E-state index in [4.69, 9.17) is 0 Å². The normalized spacial score (nSPS) is 17.8. The van der Waals surface area contributed by atoms with E-state index in [0.717, 1.165) is 31.5 Å². The third-order valence-electron chi connectivity index (χ3n) is 4.52. The number of nitrogens with one attached hydrogen (secondary N) is 1. The van der Waals surface area contributed by atoms with Crippen LogP contribution in [-0.2, 0) is 13.0 Å². The fourth-order valence-electron chi connectivity index (χ4n) is 3.14. The fourth-order valence-corrected chi connectivity index (χ4v) is 3.14. The predicted octanol–water partition coefficient (Wildman–Crippen LogP) is 1.10. The lowest BCUT2D eigenvalue weighted by atomic mass is 10.1. The number of hydrogen-bond donors (Lipinski definition) is 1. The van der Waals surface area contributed by atoms with Gasteiger partial charge in [-0.05, 0) is 31.7 Å². The van der Waals surface area contributed by atoms with Crippen LogP contribution in [0.5, 0.6) is 0 Å². The highest BCUT2D eigenvalue weighted by atomic mass is 16.2. The van der Waals surface area contributed by atoms with Gasteiger partial charge in [-0.3, -0.25) is 9.48 Å².